The minimum absolute atomic E-state index is 0.0287. The van der Waals surface area contributed by atoms with Crippen molar-refractivity contribution in [2.24, 2.45) is 0 Å². The van der Waals surface area contributed by atoms with Crippen LogP contribution in [0.1, 0.15) is 6.42 Å². The quantitative estimate of drug-likeness (QED) is 0.603. The summed E-state index contributed by atoms with van der Waals surface area (Å²) in [4.78, 5) is 22.2. The van der Waals surface area contributed by atoms with Crippen molar-refractivity contribution < 1.29 is 23.8 Å². The molecule has 0 bridgehead atoms. The lowest BCUT2D eigenvalue weighted by Gasteiger charge is -2.16. The van der Waals surface area contributed by atoms with Gasteiger partial charge < -0.3 is 14.7 Å². The van der Waals surface area contributed by atoms with E-state index < -0.39 is 24.3 Å². The fraction of sp³-hybridized carbons (Fsp3) is 0.714. The summed E-state index contributed by atoms with van der Waals surface area (Å²) in [6, 6.07) is 0. The molecule has 0 spiro atoms. The van der Waals surface area contributed by atoms with E-state index in [1.165, 1.54) is 0 Å². The van der Waals surface area contributed by atoms with Crippen LogP contribution in [-0.2, 0) is 9.53 Å². The number of methoxy groups -OCH3 is 1. The van der Waals surface area contributed by atoms with E-state index in [-0.39, 0.29) is 13.0 Å². The molecule has 0 aromatic carbocycles. The van der Waals surface area contributed by atoms with Crippen LogP contribution in [0.25, 0.3) is 0 Å². The van der Waals surface area contributed by atoms with E-state index in [1.807, 2.05) is 0 Å². The predicted octanol–water partition coefficient (Wildman–Crippen LogP) is 0.251. The lowest BCUT2D eigenvalue weighted by atomic mass is 10.1. The van der Waals surface area contributed by atoms with Gasteiger partial charge in [-0.2, -0.15) is 0 Å². The number of nitrogens with zero attached hydrogens (tertiary/aromatic N) is 1. The standard InChI is InChI=1S/C7H10FNO4/c1-13-5(10)7(8)2-3-9(4-7)6(11)12/h2-4H2,1H3,(H,11,12). The number of carbonyl (C=O) groups excluding carboxylic acids is 1. The number of esters is 1. The van der Waals surface area contributed by atoms with E-state index >= 15 is 0 Å². The summed E-state index contributed by atoms with van der Waals surface area (Å²) in [6.07, 6.45) is -1.35. The van der Waals surface area contributed by atoms with Crippen LogP contribution in [-0.4, -0.2) is 47.9 Å². The fourth-order valence-corrected chi connectivity index (χ4v) is 1.29. The van der Waals surface area contributed by atoms with Crippen LogP contribution in [0.5, 0.6) is 0 Å². The van der Waals surface area contributed by atoms with E-state index in [4.69, 9.17) is 5.11 Å². The third-order valence-corrected chi connectivity index (χ3v) is 2.04. The third-order valence-electron chi connectivity index (χ3n) is 2.04. The number of amides is 1. The molecule has 13 heavy (non-hydrogen) atoms. The first-order valence-corrected chi connectivity index (χ1v) is 3.75. The first-order valence-electron chi connectivity index (χ1n) is 3.75. The van der Waals surface area contributed by atoms with E-state index in [9.17, 15) is 14.0 Å². The van der Waals surface area contributed by atoms with Crippen molar-refractivity contribution in [2.75, 3.05) is 20.2 Å². The molecular weight excluding hydrogens is 181 g/mol. The SMILES string of the molecule is COC(=O)C1(F)CCN(C(=O)O)C1. The van der Waals surface area contributed by atoms with Crippen LogP contribution in [0, 0.1) is 0 Å². The number of hydrogen-bond acceptors (Lipinski definition) is 3. The summed E-state index contributed by atoms with van der Waals surface area (Å²) < 4.78 is 17.8. The molecule has 1 aliphatic rings. The lowest BCUT2D eigenvalue weighted by Crippen LogP contribution is -2.39. The molecular formula is C7H10FNO4. The highest BCUT2D eigenvalue weighted by Gasteiger charge is 2.47. The zero-order chi connectivity index (χ0) is 10.1. The Morgan fingerprint density at radius 2 is 2.23 bits per heavy atom. The van der Waals surface area contributed by atoms with Crippen molar-refractivity contribution in [3.05, 3.63) is 0 Å². The lowest BCUT2D eigenvalue weighted by molar-refractivity contribution is -0.153. The van der Waals surface area contributed by atoms with Crippen LogP contribution in [0.4, 0.5) is 9.18 Å². The molecule has 1 N–H and O–H groups in total. The third kappa shape index (κ3) is 1.71. The summed E-state index contributed by atoms with van der Waals surface area (Å²) in [5, 5.41) is 8.51. The summed E-state index contributed by atoms with van der Waals surface area (Å²) >= 11 is 0. The van der Waals surface area contributed by atoms with Gasteiger partial charge in [-0.15, -0.1) is 0 Å². The predicted molar refractivity (Wildman–Crippen MR) is 40.1 cm³/mol. The molecule has 1 aliphatic heterocycles. The number of carboxylic acid groups (broad SMARTS) is 1. The van der Waals surface area contributed by atoms with E-state index in [1.54, 1.807) is 0 Å². The summed E-state index contributed by atoms with van der Waals surface area (Å²) in [5.74, 6) is -1.00. The minimum atomic E-state index is -2.16. The average Bonchev–Trinajstić information content (AvgIpc) is 2.48. The van der Waals surface area contributed by atoms with Crippen LogP contribution >= 0.6 is 0 Å². The highest BCUT2D eigenvalue weighted by molar-refractivity contribution is 5.81. The summed E-state index contributed by atoms with van der Waals surface area (Å²) in [6.45, 7) is -0.407. The van der Waals surface area contributed by atoms with Crippen molar-refractivity contribution in [3.8, 4) is 0 Å². The van der Waals surface area contributed by atoms with Gasteiger partial charge in [0.2, 0.25) is 5.67 Å². The first-order chi connectivity index (χ1) is 5.99. The maximum Gasteiger partial charge on any atom is 0.407 e. The normalized spacial score (nSPS) is 27.4. The van der Waals surface area contributed by atoms with E-state index in [2.05, 4.69) is 4.74 Å². The van der Waals surface area contributed by atoms with Crippen molar-refractivity contribution in [1.82, 2.24) is 4.90 Å². The Balaban J connectivity index is 2.66. The number of carbonyl (C=O) groups is 2. The molecule has 0 aromatic heterocycles. The summed E-state index contributed by atoms with van der Waals surface area (Å²) in [7, 11) is 1.08. The average molecular weight is 191 g/mol. The van der Waals surface area contributed by atoms with Crippen LogP contribution in [0.2, 0.25) is 0 Å². The van der Waals surface area contributed by atoms with Crippen molar-refractivity contribution in [3.63, 3.8) is 0 Å². The largest absolute Gasteiger partial charge is 0.467 e. The van der Waals surface area contributed by atoms with Gasteiger partial charge in [0.25, 0.3) is 0 Å². The smallest absolute Gasteiger partial charge is 0.407 e. The molecule has 74 valence electrons. The molecule has 1 saturated heterocycles. The molecule has 1 unspecified atom stereocenters. The Kier molecular flexibility index (Phi) is 2.40. The number of likely N-dealkylation sites (tertiary alicyclic amines) is 1. The van der Waals surface area contributed by atoms with Crippen molar-refractivity contribution in [1.29, 1.82) is 0 Å². The number of alkyl halides is 1. The molecule has 0 aromatic rings. The molecule has 0 radical (unpaired) electrons. The van der Waals surface area contributed by atoms with Gasteiger partial charge in [-0.25, -0.2) is 14.0 Å². The fourth-order valence-electron chi connectivity index (χ4n) is 1.29. The second-order valence-corrected chi connectivity index (χ2v) is 2.91. The van der Waals surface area contributed by atoms with Crippen LogP contribution < -0.4 is 0 Å². The Labute approximate surface area is 74.1 Å². The maximum absolute atomic E-state index is 13.5. The van der Waals surface area contributed by atoms with Crippen molar-refractivity contribution >= 4 is 12.1 Å². The molecule has 1 heterocycles. The highest BCUT2D eigenvalue weighted by Crippen LogP contribution is 2.26. The Morgan fingerprint density at radius 1 is 1.62 bits per heavy atom. The van der Waals surface area contributed by atoms with Gasteiger partial charge in [-0.3, -0.25) is 0 Å². The molecule has 1 atom stereocenters. The maximum atomic E-state index is 13.5. The molecule has 0 aliphatic carbocycles. The molecule has 0 saturated carbocycles. The number of hydrogen-bond donors (Lipinski definition) is 1. The monoisotopic (exact) mass is 191 g/mol. The number of rotatable bonds is 1. The Hall–Kier alpha value is -1.33. The molecule has 1 rings (SSSR count). The van der Waals surface area contributed by atoms with Gasteiger partial charge in [-0.1, -0.05) is 0 Å². The molecule has 5 nitrogen and oxygen atoms in total. The second kappa shape index (κ2) is 3.20. The highest BCUT2D eigenvalue weighted by atomic mass is 19.1. The molecule has 1 fully saturated rings. The van der Waals surface area contributed by atoms with Gasteiger partial charge in [0, 0.05) is 13.0 Å². The van der Waals surface area contributed by atoms with E-state index in [0.29, 0.717) is 0 Å². The minimum Gasteiger partial charge on any atom is -0.467 e. The Morgan fingerprint density at radius 3 is 2.62 bits per heavy atom. The molecule has 1 amide bonds. The van der Waals surface area contributed by atoms with Gasteiger partial charge in [0.1, 0.15) is 0 Å². The first kappa shape index (κ1) is 9.76. The zero-order valence-corrected chi connectivity index (χ0v) is 7.12. The zero-order valence-electron chi connectivity index (χ0n) is 7.12. The number of halogens is 1. The van der Waals surface area contributed by atoms with E-state index in [0.717, 1.165) is 12.0 Å². The van der Waals surface area contributed by atoms with Gasteiger partial charge >= 0.3 is 12.1 Å². The topological polar surface area (TPSA) is 66.8 Å². The Bertz CT molecular complexity index is 245. The molecule has 6 heteroatoms. The van der Waals surface area contributed by atoms with Gasteiger partial charge in [0.05, 0.1) is 13.7 Å². The number of ether oxygens (including phenoxy) is 1. The van der Waals surface area contributed by atoms with Gasteiger partial charge in [-0.05, 0) is 0 Å². The van der Waals surface area contributed by atoms with Crippen LogP contribution in [0.3, 0.4) is 0 Å². The van der Waals surface area contributed by atoms with Gasteiger partial charge in [0.15, 0.2) is 0 Å². The second-order valence-electron chi connectivity index (χ2n) is 2.91. The van der Waals surface area contributed by atoms with Crippen LogP contribution in [0.15, 0.2) is 0 Å². The van der Waals surface area contributed by atoms with Crippen molar-refractivity contribution in [2.45, 2.75) is 12.1 Å². The summed E-state index contributed by atoms with van der Waals surface area (Å²) in [5.41, 5.74) is -2.16.